The third kappa shape index (κ3) is 2.85. The van der Waals surface area contributed by atoms with Gasteiger partial charge in [-0.1, -0.05) is 19.1 Å². The van der Waals surface area contributed by atoms with E-state index in [1.807, 2.05) is 6.92 Å². The second kappa shape index (κ2) is 5.91. The molecule has 2 nitrogen and oxygen atoms in total. The smallest absolute Gasteiger partial charge is 0.179 e. The Bertz CT molecular complexity index is 438. The van der Waals surface area contributed by atoms with Crippen LogP contribution in [0, 0.1) is 5.82 Å². The number of hydrogen-bond donors (Lipinski definition) is 0. The van der Waals surface area contributed by atoms with Gasteiger partial charge in [0.15, 0.2) is 5.78 Å². The van der Waals surface area contributed by atoms with Crippen molar-refractivity contribution in [2.45, 2.75) is 25.8 Å². The first kappa shape index (κ1) is 13.0. The van der Waals surface area contributed by atoms with Gasteiger partial charge in [-0.05, 0) is 37.1 Å². The summed E-state index contributed by atoms with van der Waals surface area (Å²) in [7, 11) is 0. The minimum Gasteiger partial charge on any atom is -0.292 e. The summed E-state index contributed by atoms with van der Waals surface area (Å²) in [4.78, 5) is 14.6. The number of halogens is 1. The van der Waals surface area contributed by atoms with E-state index in [4.69, 9.17) is 0 Å². The molecule has 0 aromatic heterocycles. The fourth-order valence-electron chi connectivity index (χ4n) is 2.36. The molecule has 0 saturated heterocycles. The summed E-state index contributed by atoms with van der Waals surface area (Å²) in [6, 6.07) is 5.73. The zero-order chi connectivity index (χ0) is 13.0. The molecular formula is C15H18FNO. The fourth-order valence-corrected chi connectivity index (χ4v) is 2.36. The van der Waals surface area contributed by atoms with Crippen molar-refractivity contribution >= 4 is 5.78 Å². The van der Waals surface area contributed by atoms with Crippen LogP contribution in [0.1, 0.15) is 30.1 Å². The van der Waals surface area contributed by atoms with Gasteiger partial charge in [-0.15, -0.1) is 0 Å². The Labute approximate surface area is 107 Å². The highest BCUT2D eigenvalue weighted by Gasteiger charge is 2.25. The average molecular weight is 247 g/mol. The van der Waals surface area contributed by atoms with Crippen molar-refractivity contribution in [2.24, 2.45) is 0 Å². The van der Waals surface area contributed by atoms with Gasteiger partial charge in [0, 0.05) is 18.7 Å². The monoisotopic (exact) mass is 247 g/mol. The summed E-state index contributed by atoms with van der Waals surface area (Å²) in [5, 5.41) is 0. The first-order valence-electron chi connectivity index (χ1n) is 6.41. The lowest BCUT2D eigenvalue weighted by Gasteiger charge is -2.30. The van der Waals surface area contributed by atoms with Crippen LogP contribution in [0.15, 0.2) is 36.4 Å². The molecule has 2 rings (SSSR count). The van der Waals surface area contributed by atoms with Crippen LogP contribution in [0.25, 0.3) is 0 Å². The number of carbonyl (C=O) groups is 1. The van der Waals surface area contributed by atoms with Crippen LogP contribution in [0.3, 0.4) is 0 Å². The van der Waals surface area contributed by atoms with Gasteiger partial charge in [-0.2, -0.15) is 0 Å². The maximum absolute atomic E-state index is 12.9. The molecule has 0 bridgehead atoms. The highest BCUT2D eigenvalue weighted by molar-refractivity contribution is 6.00. The van der Waals surface area contributed by atoms with Crippen molar-refractivity contribution in [1.82, 2.24) is 4.90 Å². The van der Waals surface area contributed by atoms with Crippen LogP contribution in [0.5, 0.6) is 0 Å². The second-order valence-electron chi connectivity index (χ2n) is 4.55. The molecule has 18 heavy (non-hydrogen) atoms. The van der Waals surface area contributed by atoms with Crippen LogP contribution < -0.4 is 0 Å². The molecule has 0 N–H and O–H groups in total. The van der Waals surface area contributed by atoms with Crippen LogP contribution in [-0.2, 0) is 0 Å². The van der Waals surface area contributed by atoms with E-state index in [9.17, 15) is 9.18 Å². The predicted molar refractivity (Wildman–Crippen MR) is 70.1 cm³/mol. The molecule has 0 spiro atoms. The highest BCUT2D eigenvalue weighted by atomic mass is 19.1. The molecule has 0 fully saturated rings. The van der Waals surface area contributed by atoms with Crippen molar-refractivity contribution in [3.05, 3.63) is 47.8 Å². The van der Waals surface area contributed by atoms with E-state index in [0.29, 0.717) is 5.56 Å². The van der Waals surface area contributed by atoms with Crippen LogP contribution in [-0.4, -0.2) is 29.8 Å². The average Bonchev–Trinajstić information content (AvgIpc) is 2.41. The Balaban J connectivity index is 2.14. The van der Waals surface area contributed by atoms with E-state index in [1.54, 1.807) is 12.1 Å². The lowest BCUT2D eigenvalue weighted by molar-refractivity contribution is 0.0825. The number of benzene rings is 1. The van der Waals surface area contributed by atoms with Crippen molar-refractivity contribution in [2.75, 3.05) is 13.1 Å². The zero-order valence-electron chi connectivity index (χ0n) is 10.6. The molecular weight excluding hydrogens is 229 g/mol. The molecule has 1 aromatic carbocycles. The van der Waals surface area contributed by atoms with Gasteiger partial charge < -0.3 is 0 Å². The maximum Gasteiger partial charge on any atom is 0.179 e. The number of rotatable bonds is 4. The van der Waals surface area contributed by atoms with Gasteiger partial charge in [0.05, 0.1) is 6.04 Å². The van der Waals surface area contributed by atoms with Crippen molar-refractivity contribution < 1.29 is 9.18 Å². The Morgan fingerprint density at radius 2 is 2.06 bits per heavy atom. The summed E-state index contributed by atoms with van der Waals surface area (Å²) in [6.45, 7) is 3.76. The first-order chi connectivity index (χ1) is 8.72. The molecule has 1 heterocycles. The molecule has 96 valence electrons. The molecule has 0 saturated carbocycles. The zero-order valence-corrected chi connectivity index (χ0v) is 10.6. The Hall–Kier alpha value is -1.48. The molecule has 1 atom stereocenters. The largest absolute Gasteiger partial charge is 0.292 e. The number of Topliss-reactive ketones (excluding diaryl/α,β-unsaturated/α-hetero) is 1. The lowest BCUT2D eigenvalue weighted by Crippen LogP contribution is -2.42. The molecule has 1 aromatic rings. The number of ketones is 1. The molecule has 1 unspecified atom stereocenters. The third-order valence-corrected chi connectivity index (χ3v) is 3.35. The van der Waals surface area contributed by atoms with Crippen LogP contribution in [0.4, 0.5) is 4.39 Å². The minimum absolute atomic E-state index is 0.0906. The van der Waals surface area contributed by atoms with Crippen molar-refractivity contribution in [3.63, 3.8) is 0 Å². The van der Waals surface area contributed by atoms with E-state index in [-0.39, 0.29) is 17.6 Å². The van der Waals surface area contributed by atoms with E-state index in [1.165, 1.54) is 12.1 Å². The summed E-state index contributed by atoms with van der Waals surface area (Å²) >= 11 is 0. The van der Waals surface area contributed by atoms with Crippen LogP contribution in [0.2, 0.25) is 0 Å². The Kier molecular flexibility index (Phi) is 4.26. The molecule has 0 radical (unpaired) electrons. The number of nitrogens with zero attached hydrogens (tertiary/aromatic N) is 1. The van der Waals surface area contributed by atoms with E-state index < -0.39 is 0 Å². The number of carbonyl (C=O) groups excluding carboxylic acids is 1. The van der Waals surface area contributed by atoms with Gasteiger partial charge in [0.1, 0.15) is 5.82 Å². The SMILES string of the molecule is CCC(C(=O)c1ccc(F)cc1)N1CC=CCC1. The fraction of sp³-hybridized carbons (Fsp3) is 0.400. The lowest BCUT2D eigenvalue weighted by atomic mass is 9.99. The molecule has 1 aliphatic heterocycles. The van der Waals surface area contributed by atoms with Gasteiger partial charge in [0.2, 0.25) is 0 Å². The van der Waals surface area contributed by atoms with Gasteiger partial charge >= 0.3 is 0 Å². The topological polar surface area (TPSA) is 20.3 Å². The van der Waals surface area contributed by atoms with Gasteiger partial charge in [-0.3, -0.25) is 9.69 Å². The number of hydrogen-bond acceptors (Lipinski definition) is 2. The van der Waals surface area contributed by atoms with Crippen LogP contribution >= 0.6 is 0 Å². The van der Waals surface area contributed by atoms with Gasteiger partial charge in [0.25, 0.3) is 0 Å². The summed E-state index contributed by atoms with van der Waals surface area (Å²) < 4.78 is 12.9. The summed E-state index contributed by atoms with van der Waals surface area (Å²) in [6.07, 6.45) is 6.02. The molecule has 3 heteroatoms. The Morgan fingerprint density at radius 1 is 1.33 bits per heavy atom. The summed E-state index contributed by atoms with van der Waals surface area (Å²) in [5.74, 6) is -0.215. The molecule has 1 aliphatic rings. The van der Waals surface area contributed by atoms with Crippen molar-refractivity contribution in [3.8, 4) is 0 Å². The summed E-state index contributed by atoms with van der Waals surface area (Å²) in [5.41, 5.74) is 0.595. The molecule has 0 aliphatic carbocycles. The van der Waals surface area contributed by atoms with E-state index in [0.717, 1.165) is 25.9 Å². The first-order valence-corrected chi connectivity index (χ1v) is 6.41. The van der Waals surface area contributed by atoms with E-state index >= 15 is 0 Å². The third-order valence-electron chi connectivity index (χ3n) is 3.35. The van der Waals surface area contributed by atoms with Gasteiger partial charge in [-0.25, -0.2) is 4.39 Å². The second-order valence-corrected chi connectivity index (χ2v) is 4.55. The highest BCUT2D eigenvalue weighted by Crippen LogP contribution is 2.15. The minimum atomic E-state index is -0.305. The normalized spacial score (nSPS) is 17.7. The van der Waals surface area contributed by atoms with Crippen molar-refractivity contribution in [1.29, 1.82) is 0 Å². The Morgan fingerprint density at radius 3 is 2.61 bits per heavy atom. The predicted octanol–water partition coefficient (Wildman–Crippen LogP) is 3.05. The van der Waals surface area contributed by atoms with E-state index in [2.05, 4.69) is 17.1 Å². The molecule has 0 amide bonds. The quantitative estimate of drug-likeness (QED) is 0.602. The maximum atomic E-state index is 12.9. The standard InChI is InChI=1S/C15H18FNO/c1-2-14(17-10-4-3-5-11-17)15(18)12-6-8-13(16)9-7-12/h3-4,6-9,14H,2,5,10-11H2,1H3.